The van der Waals surface area contributed by atoms with E-state index in [1.54, 1.807) is 0 Å². The fraction of sp³-hybridized carbons (Fsp3) is 0.0196. The second kappa shape index (κ2) is 11.4. The number of benzene rings is 9. The van der Waals surface area contributed by atoms with Gasteiger partial charge in [0.25, 0.3) is 0 Å². The molecule has 0 radical (unpaired) electrons. The largest absolute Gasteiger partial charge is 0.247 e. The maximum Gasteiger partial charge on any atom is 0.0969 e. The molecule has 0 fully saturated rings. The third kappa shape index (κ3) is 4.27. The summed E-state index contributed by atoms with van der Waals surface area (Å²) in [7, 11) is 0. The minimum atomic E-state index is -0.128. The van der Waals surface area contributed by atoms with Gasteiger partial charge in [-0.3, -0.25) is 0 Å². The van der Waals surface area contributed by atoms with Gasteiger partial charge in [-0.05, 0) is 84.6 Å². The van der Waals surface area contributed by atoms with E-state index in [-0.39, 0.29) is 5.92 Å². The molecule has 2 nitrogen and oxygen atoms in total. The highest BCUT2D eigenvalue weighted by atomic mass is 32.1. The van der Waals surface area contributed by atoms with E-state index in [9.17, 15) is 0 Å². The summed E-state index contributed by atoms with van der Waals surface area (Å²) in [4.78, 5) is 11.4. The van der Waals surface area contributed by atoms with E-state index in [4.69, 9.17) is 9.97 Å². The number of aromatic nitrogens is 2. The van der Waals surface area contributed by atoms with Crippen LogP contribution in [0, 0.1) is 0 Å². The van der Waals surface area contributed by atoms with E-state index >= 15 is 0 Å². The first-order valence-electron chi connectivity index (χ1n) is 18.5. The van der Waals surface area contributed by atoms with Gasteiger partial charge in [-0.1, -0.05) is 152 Å². The Morgan fingerprint density at radius 3 is 2.02 bits per heavy atom. The second-order valence-corrected chi connectivity index (χ2v) is 15.5. The summed E-state index contributed by atoms with van der Waals surface area (Å²) in [5.74, 6) is -0.128. The molecular weight excluding hydrogens is 673 g/mol. The predicted octanol–water partition coefficient (Wildman–Crippen LogP) is 14.0. The van der Waals surface area contributed by atoms with Gasteiger partial charge in [0, 0.05) is 31.1 Å². The molecule has 0 amide bonds. The van der Waals surface area contributed by atoms with Crippen molar-refractivity contribution in [2.24, 2.45) is 0 Å². The van der Waals surface area contributed by atoms with E-state index < -0.39 is 0 Å². The van der Waals surface area contributed by atoms with E-state index in [1.165, 1.54) is 74.9 Å². The van der Waals surface area contributed by atoms with Crippen molar-refractivity contribution in [3.05, 3.63) is 193 Å². The van der Waals surface area contributed by atoms with Crippen LogP contribution in [0.4, 0.5) is 0 Å². The van der Waals surface area contributed by atoms with Crippen LogP contribution >= 0.6 is 11.3 Å². The van der Waals surface area contributed by atoms with Crippen molar-refractivity contribution in [1.82, 2.24) is 9.97 Å². The van der Waals surface area contributed by atoms with Gasteiger partial charge in [0.15, 0.2) is 0 Å². The summed E-state index contributed by atoms with van der Waals surface area (Å²) in [5.41, 5.74) is 12.4. The number of hydrogen-bond acceptors (Lipinski definition) is 3. The fourth-order valence-electron chi connectivity index (χ4n) is 9.09. The number of nitrogens with zero attached hydrogens (tertiary/aromatic N) is 2. The van der Waals surface area contributed by atoms with Gasteiger partial charge in [0.05, 0.1) is 28.3 Å². The highest BCUT2D eigenvalue weighted by Gasteiger charge is 2.37. The number of fused-ring (bicyclic) bond motifs is 14. The Morgan fingerprint density at radius 1 is 0.463 bits per heavy atom. The molecule has 0 saturated carbocycles. The first-order chi connectivity index (χ1) is 26.8. The van der Waals surface area contributed by atoms with Crippen LogP contribution in [0.25, 0.3) is 97.0 Å². The van der Waals surface area contributed by atoms with Crippen molar-refractivity contribution in [2.75, 3.05) is 0 Å². The van der Waals surface area contributed by atoms with Gasteiger partial charge >= 0.3 is 0 Å². The van der Waals surface area contributed by atoms with Crippen LogP contribution in [0.5, 0.6) is 0 Å². The Balaban J connectivity index is 1.24. The molecule has 0 saturated heterocycles. The Kier molecular flexibility index (Phi) is 6.31. The molecule has 1 unspecified atom stereocenters. The Morgan fingerprint density at radius 2 is 1.15 bits per heavy atom. The molecule has 54 heavy (non-hydrogen) atoms. The third-order valence-corrected chi connectivity index (χ3v) is 12.7. The molecule has 12 rings (SSSR count). The van der Waals surface area contributed by atoms with E-state index in [1.807, 2.05) is 11.3 Å². The summed E-state index contributed by atoms with van der Waals surface area (Å²) in [5, 5.41) is 10.1. The van der Waals surface area contributed by atoms with Crippen LogP contribution in [0.3, 0.4) is 0 Å². The second-order valence-electron chi connectivity index (χ2n) is 14.4. The van der Waals surface area contributed by atoms with Crippen molar-refractivity contribution < 1.29 is 0 Å². The zero-order valence-electron chi connectivity index (χ0n) is 29.1. The summed E-state index contributed by atoms with van der Waals surface area (Å²) in [6.07, 6.45) is 0. The van der Waals surface area contributed by atoms with E-state index in [0.717, 1.165) is 38.9 Å². The SMILES string of the molecule is c1ccc(-c2cccc(-c3nc4ccc5ccccc5c4nc3C3c4ccccc4-c4c3c3sc5cc6ccccc6cc5c3c3ccccc43)c2)cc1. The van der Waals surface area contributed by atoms with Crippen molar-refractivity contribution in [2.45, 2.75) is 5.92 Å². The van der Waals surface area contributed by atoms with Crippen LogP contribution < -0.4 is 0 Å². The molecular formula is C51H30N2S. The molecule has 250 valence electrons. The van der Waals surface area contributed by atoms with Crippen LogP contribution in [0.1, 0.15) is 22.7 Å². The number of rotatable bonds is 3. The number of hydrogen-bond donors (Lipinski definition) is 0. The monoisotopic (exact) mass is 702 g/mol. The van der Waals surface area contributed by atoms with Gasteiger partial charge < -0.3 is 0 Å². The zero-order valence-corrected chi connectivity index (χ0v) is 29.9. The first-order valence-corrected chi connectivity index (χ1v) is 19.3. The Bertz CT molecular complexity index is 3340. The maximum atomic E-state index is 5.79. The lowest BCUT2D eigenvalue weighted by atomic mass is 9.87. The molecule has 2 heterocycles. The molecule has 11 aromatic rings. The quantitative estimate of drug-likeness (QED) is 0.171. The van der Waals surface area contributed by atoms with Gasteiger partial charge in [-0.25, -0.2) is 9.97 Å². The Hall–Kier alpha value is -6.68. The fourth-order valence-corrected chi connectivity index (χ4v) is 10.4. The van der Waals surface area contributed by atoms with Crippen molar-refractivity contribution in [3.8, 4) is 33.5 Å². The average Bonchev–Trinajstić information content (AvgIpc) is 3.79. The molecule has 0 N–H and O–H groups in total. The molecule has 2 aromatic heterocycles. The van der Waals surface area contributed by atoms with Gasteiger partial charge in [-0.2, -0.15) is 0 Å². The van der Waals surface area contributed by atoms with E-state index in [0.29, 0.717) is 0 Å². The lowest BCUT2D eigenvalue weighted by Gasteiger charge is -2.20. The summed E-state index contributed by atoms with van der Waals surface area (Å²) < 4.78 is 2.64. The maximum absolute atomic E-state index is 5.79. The summed E-state index contributed by atoms with van der Waals surface area (Å²) in [6.45, 7) is 0. The van der Waals surface area contributed by atoms with Crippen molar-refractivity contribution in [1.29, 1.82) is 0 Å². The number of thiophene rings is 1. The zero-order chi connectivity index (χ0) is 35.3. The van der Waals surface area contributed by atoms with Crippen molar-refractivity contribution >= 4 is 74.9 Å². The predicted molar refractivity (Wildman–Crippen MR) is 229 cm³/mol. The first kappa shape index (κ1) is 29.9. The summed E-state index contributed by atoms with van der Waals surface area (Å²) >= 11 is 1.93. The lowest BCUT2D eigenvalue weighted by Crippen LogP contribution is -2.07. The standard InChI is InChI=1S/C51H30N2S/c1-2-13-30(14-3-1)32-18-12-19-35(27-32)48-50(53-49-36-20-7-6-15-31(36)25-26-42(49)52-48)46-40-24-11-9-22-38(40)44-37-21-8-10-23-39(37)45-41-28-33-16-4-5-17-34(33)29-43(41)54-51(45)47(44)46/h1-29,46H. The third-order valence-electron chi connectivity index (χ3n) is 11.5. The smallest absolute Gasteiger partial charge is 0.0969 e. The van der Waals surface area contributed by atoms with Crippen LogP contribution in [-0.4, -0.2) is 9.97 Å². The van der Waals surface area contributed by atoms with Gasteiger partial charge in [0.2, 0.25) is 0 Å². The van der Waals surface area contributed by atoms with E-state index in [2.05, 4.69) is 176 Å². The molecule has 1 atom stereocenters. The molecule has 0 spiro atoms. The minimum absolute atomic E-state index is 0.128. The van der Waals surface area contributed by atoms with Gasteiger partial charge in [0.1, 0.15) is 0 Å². The molecule has 0 bridgehead atoms. The molecule has 3 heteroatoms. The minimum Gasteiger partial charge on any atom is -0.247 e. The molecule has 1 aliphatic carbocycles. The van der Waals surface area contributed by atoms with Crippen LogP contribution in [0.15, 0.2) is 176 Å². The van der Waals surface area contributed by atoms with Crippen molar-refractivity contribution in [3.63, 3.8) is 0 Å². The van der Waals surface area contributed by atoms with Crippen LogP contribution in [0.2, 0.25) is 0 Å². The molecule has 1 aliphatic rings. The highest BCUT2D eigenvalue weighted by molar-refractivity contribution is 7.26. The lowest BCUT2D eigenvalue weighted by molar-refractivity contribution is 0.959. The molecule has 9 aromatic carbocycles. The highest BCUT2D eigenvalue weighted by Crippen LogP contribution is 2.57. The summed E-state index contributed by atoms with van der Waals surface area (Å²) in [6, 6.07) is 63.9. The van der Waals surface area contributed by atoms with Crippen LogP contribution in [-0.2, 0) is 0 Å². The van der Waals surface area contributed by atoms with Gasteiger partial charge in [-0.15, -0.1) is 11.3 Å². The topological polar surface area (TPSA) is 25.8 Å². The normalized spacial score (nSPS) is 13.7. The molecule has 0 aliphatic heterocycles. The Labute approximate surface area is 315 Å². The average molecular weight is 703 g/mol.